The van der Waals surface area contributed by atoms with Gasteiger partial charge >= 0.3 is 0 Å². The molecular weight excluding hydrogens is 404 g/mol. The number of ether oxygens (including phenoxy) is 3. The first-order chi connectivity index (χ1) is 15.7. The summed E-state index contributed by atoms with van der Waals surface area (Å²) in [4.78, 5) is 16.5. The summed E-state index contributed by atoms with van der Waals surface area (Å²) in [5, 5.41) is 0. The van der Waals surface area contributed by atoms with Gasteiger partial charge in [0.25, 0.3) is 0 Å². The molecule has 6 nitrogen and oxygen atoms in total. The zero-order chi connectivity index (χ0) is 22.2. The minimum Gasteiger partial charge on any atom is -0.486 e. The number of likely N-dealkylation sites (tertiary alicyclic amines) is 1. The van der Waals surface area contributed by atoms with Gasteiger partial charge in [-0.25, -0.2) is 0 Å². The summed E-state index contributed by atoms with van der Waals surface area (Å²) in [6.07, 6.45) is 3.67. The molecule has 3 aliphatic heterocycles. The highest BCUT2D eigenvalue weighted by Gasteiger charge is 2.28. The van der Waals surface area contributed by atoms with E-state index in [2.05, 4.69) is 24.1 Å². The van der Waals surface area contributed by atoms with Crippen molar-refractivity contribution < 1.29 is 19.0 Å². The maximum atomic E-state index is 12.1. The second kappa shape index (κ2) is 11.3. The molecule has 2 aromatic rings. The molecule has 2 aromatic carbocycles. The first-order valence-corrected chi connectivity index (χ1v) is 11.7. The Hall–Kier alpha value is -2.57. The molecule has 2 saturated heterocycles. The van der Waals surface area contributed by atoms with Crippen LogP contribution < -0.4 is 9.47 Å². The lowest BCUT2D eigenvalue weighted by Gasteiger charge is -2.35. The number of carbonyl (C=O) groups excluding carboxylic acids is 1. The molecule has 0 aliphatic carbocycles. The van der Waals surface area contributed by atoms with Crippen molar-refractivity contribution in [2.45, 2.75) is 25.4 Å². The second-order valence-corrected chi connectivity index (χ2v) is 8.73. The third kappa shape index (κ3) is 6.24. The molecule has 2 fully saturated rings. The van der Waals surface area contributed by atoms with E-state index in [0.717, 1.165) is 30.4 Å². The van der Waals surface area contributed by atoms with Gasteiger partial charge in [0.05, 0.1) is 6.54 Å². The zero-order valence-corrected chi connectivity index (χ0v) is 18.9. The van der Waals surface area contributed by atoms with Crippen LogP contribution in [-0.2, 0) is 9.53 Å². The van der Waals surface area contributed by atoms with E-state index >= 15 is 0 Å². The number of para-hydroxylation sites is 2. The number of benzene rings is 2. The molecule has 1 atom stereocenters. The highest BCUT2D eigenvalue weighted by Crippen LogP contribution is 2.28. The predicted molar refractivity (Wildman–Crippen MR) is 124 cm³/mol. The van der Waals surface area contributed by atoms with Crippen LogP contribution in [0.25, 0.3) is 0 Å². The molecule has 0 N–H and O–H groups in total. The van der Waals surface area contributed by atoms with Gasteiger partial charge in [0.15, 0.2) is 11.5 Å². The minimum atomic E-state index is 0.0244. The maximum Gasteiger partial charge on any atom is 0.248 e. The molecule has 32 heavy (non-hydrogen) atoms. The predicted octanol–water partition coefficient (Wildman–Crippen LogP) is 3.78. The van der Waals surface area contributed by atoms with Crippen LogP contribution in [0.5, 0.6) is 11.5 Å². The van der Waals surface area contributed by atoms with Crippen molar-refractivity contribution in [1.29, 1.82) is 0 Å². The summed E-state index contributed by atoms with van der Waals surface area (Å²) in [5.41, 5.74) is 1.17. The smallest absolute Gasteiger partial charge is 0.248 e. The van der Waals surface area contributed by atoms with Gasteiger partial charge in [0.2, 0.25) is 5.91 Å². The Kier molecular flexibility index (Phi) is 8.02. The highest BCUT2D eigenvalue weighted by molar-refractivity contribution is 5.78. The Balaban J connectivity index is 0.000000203. The molecule has 6 heteroatoms. The molecule has 1 amide bonds. The molecule has 0 bridgehead atoms. The van der Waals surface area contributed by atoms with Crippen molar-refractivity contribution in [3.8, 4) is 11.5 Å². The van der Waals surface area contributed by atoms with Gasteiger partial charge in [0, 0.05) is 6.54 Å². The quantitative estimate of drug-likeness (QED) is 0.727. The minimum absolute atomic E-state index is 0.0244. The van der Waals surface area contributed by atoms with Crippen molar-refractivity contribution in [1.82, 2.24) is 9.80 Å². The van der Waals surface area contributed by atoms with Gasteiger partial charge in [0.1, 0.15) is 25.9 Å². The Morgan fingerprint density at radius 3 is 2.19 bits per heavy atom. The average molecular weight is 439 g/mol. The van der Waals surface area contributed by atoms with Crippen LogP contribution in [0.2, 0.25) is 0 Å². The number of hydrogen-bond donors (Lipinski definition) is 0. The van der Waals surface area contributed by atoms with E-state index in [4.69, 9.17) is 14.2 Å². The van der Waals surface area contributed by atoms with Gasteiger partial charge in [-0.05, 0) is 63.0 Å². The first-order valence-electron chi connectivity index (χ1n) is 11.7. The Morgan fingerprint density at radius 2 is 1.53 bits per heavy atom. The van der Waals surface area contributed by atoms with Crippen LogP contribution in [-0.4, -0.2) is 68.8 Å². The number of rotatable bonds is 4. The van der Waals surface area contributed by atoms with Crippen molar-refractivity contribution in [3.63, 3.8) is 0 Å². The fraction of sp³-hybridized carbons (Fsp3) is 0.500. The zero-order valence-electron chi connectivity index (χ0n) is 18.9. The molecule has 3 heterocycles. The maximum absolute atomic E-state index is 12.1. The van der Waals surface area contributed by atoms with Gasteiger partial charge in [-0.3, -0.25) is 4.79 Å². The van der Waals surface area contributed by atoms with Crippen LogP contribution in [0.4, 0.5) is 0 Å². The van der Waals surface area contributed by atoms with Crippen molar-refractivity contribution in [2.75, 3.05) is 53.0 Å². The van der Waals surface area contributed by atoms with E-state index in [0.29, 0.717) is 19.8 Å². The average Bonchev–Trinajstić information content (AvgIpc) is 2.85. The van der Waals surface area contributed by atoms with Crippen molar-refractivity contribution >= 4 is 5.91 Å². The highest BCUT2D eigenvalue weighted by atomic mass is 16.6. The first kappa shape index (κ1) is 22.6. The normalized spacial score (nSPS) is 21.6. The number of amides is 1. The number of carbonyl (C=O) groups is 1. The Bertz CT molecular complexity index is 827. The molecule has 3 aliphatic rings. The Labute approximate surface area is 191 Å². The molecule has 0 radical (unpaired) electrons. The molecule has 0 saturated carbocycles. The number of piperidine rings is 1. The third-order valence-electron chi connectivity index (χ3n) is 6.41. The van der Waals surface area contributed by atoms with E-state index in [1.165, 1.54) is 31.5 Å². The standard InChI is InChI=1S/C18H26N2O2.C8H8O2/c1-19-10-7-15(8-11-19)9-12-20-13-17(22-14-18(20)21)16-5-3-2-4-6-16;1-2-4-8-7(3-1)9-5-6-10-8/h2-6,15,17H,7-14H2,1H3;1-4H,5-6H2. The van der Waals surface area contributed by atoms with Gasteiger partial charge < -0.3 is 24.0 Å². The number of nitrogens with zero attached hydrogens (tertiary/aromatic N) is 2. The summed E-state index contributed by atoms with van der Waals surface area (Å²) in [7, 11) is 2.19. The number of fused-ring (bicyclic) bond motifs is 1. The van der Waals surface area contributed by atoms with E-state index in [1.807, 2.05) is 47.4 Å². The van der Waals surface area contributed by atoms with Crippen LogP contribution in [0.1, 0.15) is 30.9 Å². The van der Waals surface area contributed by atoms with Crippen LogP contribution in [0.15, 0.2) is 54.6 Å². The summed E-state index contributed by atoms with van der Waals surface area (Å²) >= 11 is 0. The molecule has 0 aromatic heterocycles. The second-order valence-electron chi connectivity index (χ2n) is 8.73. The van der Waals surface area contributed by atoms with E-state index in [9.17, 15) is 4.79 Å². The van der Waals surface area contributed by atoms with Gasteiger partial charge in [-0.2, -0.15) is 0 Å². The molecule has 172 valence electrons. The third-order valence-corrected chi connectivity index (χ3v) is 6.41. The Morgan fingerprint density at radius 1 is 0.906 bits per heavy atom. The lowest BCUT2D eigenvalue weighted by molar-refractivity contribution is -0.149. The lowest BCUT2D eigenvalue weighted by atomic mass is 9.93. The van der Waals surface area contributed by atoms with E-state index in [1.54, 1.807) is 0 Å². The summed E-state index contributed by atoms with van der Waals surface area (Å²) in [6, 6.07) is 17.9. The van der Waals surface area contributed by atoms with Crippen LogP contribution in [0.3, 0.4) is 0 Å². The largest absolute Gasteiger partial charge is 0.486 e. The lowest BCUT2D eigenvalue weighted by Crippen LogP contribution is -2.44. The van der Waals surface area contributed by atoms with Crippen molar-refractivity contribution in [2.24, 2.45) is 5.92 Å². The molecule has 0 spiro atoms. The van der Waals surface area contributed by atoms with Gasteiger partial charge in [-0.15, -0.1) is 0 Å². The fourth-order valence-corrected chi connectivity index (χ4v) is 4.38. The monoisotopic (exact) mass is 438 g/mol. The van der Waals surface area contributed by atoms with E-state index < -0.39 is 0 Å². The molecule has 5 rings (SSSR count). The topological polar surface area (TPSA) is 51.2 Å². The number of morpholine rings is 1. The van der Waals surface area contributed by atoms with E-state index in [-0.39, 0.29) is 18.6 Å². The fourth-order valence-electron chi connectivity index (χ4n) is 4.38. The summed E-state index contributed by atoms with van der Waals surface area (Å²) < 4.78 is 16.3. The summed E-state index contributed by atoms with van der Waals surface area (Å²) in [5.74, 6) is 2.62. The van der Waals surface area contributed by atoms with Gasteiger partial charge in [-0.1, -0.05) is 42.5 Å². The van der Waals surface area contributed by atoms with Crippen LogP contribution in [0, 0.1) is 5.92 Å². The van der Waals surface area contributed by atoms with Crippen LogP contribution >= 0.6 is 0 Å². The molecular formula is C26H34N2O4. The number of hydrogen-bond acceptors (Lipinski definition) is 5. The SMILES string of the molecule is CN1CCC(CCN2CC(c3ccccc3)OCC2=O)CC1.c1ccc2c(c1)OCCO2. The molecule has 1 unspecified atom stereocenters. The van der Waals surface area contributed by atoms with Crippen molar-refractivity contribution in [3.05, 3.63) is 60.2 Å². The summed E-state index contributed by atoms with van der Waals surface area (Å²) in [6.45, 7) is 5.49.